The third kappa shape index (κ3) is 4.61. The SMILES string of the molecule is COCCNC(=O)CNc1ccccc1-c1ccccc1. The molecule has 0 bridgehead atoms. The molecule has 4 nitrogen and oxygen atoms in total. The van der Waals surface area contributed by atoms with Crippen LogP contribution in [-0.4, -0.2) is 32.7 Å². The third-order valence-corrected chi connectivity index (χ3v) is 3.08. The Morgan fingerprint density at radius 3 is 2.52 bits per heavy atom. The van der Waals surface area contributed by atoms with E-state index in [2.05, 4.69) is 22.8 Å². The van der Waals surface area contributed by atoms with Crippen molar-refractivity contribution in [2.75, 3.05) is 32.1 Å². The molecule has 0 saturated carbocycles. The molecule has 0 aliphatic heterocycles. The highest BCUT2D eigenvalue weighted by atomic mass is 16.5. The Kier molecular flexibility index (Phi) is 5.79. The van der Waals surface area contributed by atoms with E-state index in [1.165, 1.54) is 0 Å². The molecule has 0 radical (unpaired) electrons. The molecule has 0 saturated heterocycles. The lowest BCUT2D eigenvalue weighted by Crippen LogP contribution is -2.32. The zero-order valence-corrected chi connectivity index (χ0v) is 12.1. The quantitative estimate of drug-likeness (QED) is 0.768. The van der Waals surface area contributed by atoms with E-state index in [0.717, 1.165) is 16.8 Å². The van der Waals surface area contributed by atoms with Crippen LogP contribution in [0.3, 0.4) is 0 Å². The van der Waals surface area contributed by atoms with E-state index in [-0.39, 0.29) is 12.5 Å². The van der Waals surface area contributed by atoms with E-state index < -0.39 is 0 Å². The molecule has 2 N–H and O–H groups in total. The Balaban J connectivity index is 1.99. The Hall–Kier alpha value is -2.33. The smallest absolute Gasteiger partial charge is 0.239 e. The van der Waals surface area contributed by atoms with E-state index in [0.29, 0.717) is 13.2 Å². The predicted molar refractivity (Wildman–Crippen MR) is 85.3 cm³/mol. The summed E-state index contributed by atoms with van der Waals surface area (Å²) < 4.78 is 4.90. The van der Waals surface area contributed by atoms with Gasteiger partial charge in [-0.05, 0) is 11.6 Å². The second-order valence-corrected chi connectivity index (χ2v) is 4.61. The number of methoxy groups -OCH3 is 1. The molecule has 0 unspecified atom stereocenters. The number of hydrogen-bond acceptors (Lipinski definition) is 3. The second-order valence-electron chi connectivity index (χ2n) is 4.61. The van der Waals surface area contributed by atoms with Gasteiger partial charge in [-0.25, -0.2) is 0 Å². The summed E-state index contributed by atoms with van der Waals surface area (Å²) in [6.07, 6.45) is 0. The first-order valence-corrected chi connectivity index (χ1v) is 6.95. The molecule has 0 atom stereocenters. The first-order chi connectivity index (χ1) is 10.3. The minimum Gasteiger partial charge on any atom is -0.383 e. The van der Waals surface area contributed by atoms with Crippen molar-refractivity contribution in [2.24, 2.45) is 0 Å². The topological polar surface area (TPSA) is 50.4 Å². The van der Waals surface area contributed by atoms with Crippen molar-refractivity contribution in [3.63, 3.8) is 0 Å². The summed E-state index contributed by atoms with van der Waals surface area (Å²) >= 11 is 0. The van der Waals surface area contributed by atoms with E-state index in [4.69, 9.17) is 4.74 Å². The largest absolute Gasteiger partial charge is 0.383 e. The maximum Gasteiger partial charge on any atom is 0.239 e. The van der Waals surface area contributed by atoms with Crippen LogP contribution in [-0.2, 0) is 9.53 Å². The fourth-order valence-corrected chi connectivity index (χ4v) is 2.04. The van der Waals surface area contributed by atoms with Crippen molar-refractivity contribution >= 4 is 11.6 Å². The van der Waals surface area contributed by atoms with Crippen LogP contribution in [0, 0.1) is 0 Å². The van der Waals surface area contributed by atoms with Crippen LogP contribution < -0.4 is 10.6 Å². The maximum atomic E-state index is 11.7. The molecule has 21 heavy (non-hydrogen) atoms. The molecule has 0 spiro atoms. The molecule has 2 rings (SSSR count). The number of carbonyl (C=O) groups is 1. The summed E-state index contributed by atoms with van der Waals surface area (Å²) in [7, 11) is 1.61. The lowest BCUT2D eigenvalue weighted by atomic mass is 10.0. The molecule has 0 aliphatic rings. The first kappa shape index (κ1) is 15.1. The zero-order valence-electron chi connectivity index (χ0n) is 12.1. The lowest BCUT2D eigenvalue weighted by Gasteiger charge is -2.12. The molecule has 110 valence electrons. The third-order valence-electron chi connectivity index (χ3n) is 3.08. The highest BCUT2D eigenvalue weighted by Crippen LogP contribution is 2.27. The summed E-state index contributed by atoms with van der Waals surface area (Å²) in [6, 6.07) is 18.1. The number of rotatable bonds is 7. The minimum atomic E-state index is -0.0464. The summed E-state index contributed by atoms with van der Waals surface area (Å²) in [5, 5.41) is 5.97. The van der Waals surface area contributed by atoms with Crippen molar-refractivity contribution in [2.45, 2.75) is 0 Å². The van der Waals surface area contributed by atoms with E-state index in [9.17, 15) is 4.79 Å². The van der Waals surface area contributed by atoms with Crippen molar-refractivity contribution in [1.82, 2.24) is 5.32 Å². The Morgan fingerprint density at radius 2 is 1.76 bits per heavy atom. The molecular weight excluding hydrogens is 264 g/mol. The van der Waals surface area contributed by atoms with Crippen molar-refractivity contribution < 1.29 is 9.53 Å². The fourth-order valence-electron chi connectivity index (χ4n) is 2.04. The van der Waals surface area contributed by atoms with Gasteiger partial charge >= 0.3 is 0 Å². The van der Waals surface area contributed by atoms with Gasteiger partial charge in [0.1, 0.15) is 0 Å². The number of benzene rings is 2. The molecule has 2 aromatic carbocycles. The summed E-state index contributed by atoms with van der Waals surface area (Å²) in [6.45, 7) is 1.29. The molecule has 0 heterocycles. The zero-order chi connectivity index (χ0) is 14.9. The number of hydrogen-bond donors (Lipinski definition) is 2. The van der Waals surface area contributed by atoms with Crippen LogP contribution in [0.5, 0.6) is 0 Å². The highest BCUT2D eigenvalue weighted by molar-refractivity contribution is 5.84. The Labute approximate surface area is 125 Å². The summed E-state index contributed by atoms with van der Waals surface area (Å²) in [4.78, 5) is 11.7. The van der Waals surface area contributed by atoms with E-state index in [1.807, 2.05) is 42.5 Å². The van der Waals surface area contributed by atoms with Crippen LogP contribution in [0.25, 0.3) is 11.1 Å². The highest BCUT2D eigenvalue weighted by Gasteiger charge is 2.05. The van der Waals surface area contributed by atoms with Gasteiger partial charge < -0.3 is 15.4 Å². The number of carbonyl (C=O) groups excluding carboxylic acids is 1. The minimum absolute atomic E-state index is 0.0464. The second kappa shape index (κ2) is 8.07. The predicted octanol–water partition coefficient (Wildman–Crippen LogP) is 2.53. The normalized spacial score (nSPS) is 10.1. The fraction of sp³-hybridized carbons (Fsp3) is 0.235. The molecule has 2 aromatic rings. The molecule has 1 amide bonds. The van der Waals surface area contributed by atoms with Crippen molar-refractivity contribution in [3.05, 3.63) is 54.6 Å². The van der Waals surface area contributed by atoms with Gasteiger partial charge in [0, 0.05) is 24.9 Å². The Bertz CT molecular complexity index is 570. The van der Waals surface area contributed by atoms with Crippen LogP contribution >= 0.6 is 0 Å². The van der Waals surface area contributed by atoms with Gasteiger partial charge in [0.2, 0.25) is 5.91 Å². The molecule has 0 fully saturated rings. The molecule has 0 aliphatic carbocycles. The van der Waals surface area contributed by atoms with Gasteiger partial charge in [-0.2, -0.15) is 0 Å². The average molecular weight is 284 g/mol. The number of para-hydroxylation sites is 1. The van der Waals surface area contributed by atoms with E-state index in [1.54, 1.807) is 7.11 Å². The summed E-state index contributed by atoms with van der Waals surface area (Å²) in [5.41, 5.74) is 3.16. The number of amides is 1. The van der Waals surface area contributed by atoms with Gasteiger partial charge in [-0.1, -0.05) is 48.5 Å². The average Bonchev–Trinajstić information content (AvgIpc) is 2.54. The van der Waals surface area contributed by atoms with Crippen LogP contribution in [0.2, 0.25) is 0 Å². The number of nitrogens with one attached hydrogen (secondary N) is 2. The van der Waals surface area contributed by atoms with Gasteiger partial charge in [0.15, 0.2) is 0 Å². The number of ether oxygens (including phenoxy) is 1. The molecule has 4 heteroatoms. The molecular formula is C17H20N2O2. The van der Waals surface area contributed by atoms with Gasteiger partial charge in [-0.15, -0.1) is 0 Å². The monoisotopic (exact) mass is 284 g/mol. The first-order valence-electron chi connectivity index (χ1n) is 6.95. The van der Waals surface area contributed by atoms with Gasteiger partial charge in [0.25, 0.3) is 0 Å². The van der Waals surface area contributed by atoms with Gasteiger partial charge in [0.05, 0.1) is 13.2 Å². The number of anilines is 1. The maximum absolute atomic E-state index is 11.7. The van der Waals surface area contributed by atoms with Crippen LogP contribution in [0.15, 0.2) is 54.6 Å². The van der Waals surface area contributed by atoms with Crippen molar-refractivity contribution in [3.8, 4) is 11.1 Å². The standard InChI is InChI=1S/C17H20N2O2/c1-21-12-11-18-17(20)13-19-16-10-6-5-9-15(16)14-7-3-2-4-8-14/h2-10,19H,11-13H2,1H3,(H,18,20). The van der Waals surface area contributed by atoms with Crippen LogP contribution in [0.4, 0.5) is 5.69 Å². The van der Waals surface area contributed by atoms with Gasteiger partial charge in [-0.3, -0.25) is 4.79 Å². The Morgan fingerprint density at radius 1 is 1.05 bits per heavy atom. The van der Waals surface area contributed by atoms with Crippen molar-refractivity contribution in [1.29, 1.82) is 0 Å². The van der Waals surface area contributed by atoms with E-state index >= 15 is 0 Å². The summed E-state index contributed by atoms with van der Waals surface area (Å²) in [5.74, 6) is -0.0464. The lowest BCUT2D eigenvalue weighted by molar-refractivity contribution is -0.119. The van der Waals surface area contributed by atoms with Crippen LogP contribution in [0.1, 0.15) is 0 Å². The molecule has 0 aromatic heterocycles.